The van der Waals surface area contributed by atoms with Gasteiger partial charge in [-0.05, 0) is 104 Å². The third-order valence-electron chi connectivity index (χ3n) is 6.12. The molecule has 0 spiro atoms. The lowest BCUT2D eigenvalue weighted by Crippen LogP contribution is -2.55. The number of sulfonamides is 1. The largest absolute Gasteiger partial charge is 0.497 e. The lowest BCUT2D eigenvalue weighted by atomic mass is 10.1. The molecule has 8 nitrogen and oxygen atoms in total. The van der Waals surface area contributed by atoms with E-state index in [1.807, 2.05) is 39.8 Å². The molecule has 10 heteroatoms. The van der Waals surface area contributed by atoms with Crippen LogP contribution in [0.2, 0.25) is 0 Å². The van der Waals surface area contributed by atoms with Gasteiger partial charge in [-0.2, -0.15) is 0 Å². The van der Waals surface area contributed by atoms with E-state index < -0.39 is 34.1 Å². The Kier molecular flexibility index (Phi) is 10.6. The molecular weight excluding hydrogens is 641 g/mol. The van der Waals surface area contributed by atoms with Crippen molar-refractivity contribution in [2.75, 3.05) is 18.0 Å². The summed E-state index contributed by atoms with van der Waals surface area (Å²) in [6.45, 7) is 7.09. The molecule has 3 aromatic carbocycles. The molecule has 214 valence electrons. The van der Waals surface area contributed by atoms with Crippen molar-refractivity contribution in [1.29, 1.82) is 0 Å². The maximum absolute atomic E-state index is 14.1. The van der Waals surface area contributed by atoms with E-state index in [1.165, 1.54) is 17.0 Å². The molecule has 0 aliphatic carbocycles. The minimum atomic E-state index is -4.09. The van der Waals surface area contributed by atoms with Crippen LogP contribution in [-0.2, 0) is 26.2 Å². The third kappa shape index (κ3) is 8.20. The molecule has 0 heterocycles. The van der Waals surface area contributed by atoms with E-state index in [1.54, 1.807) is 61.7 Å². The summed E-state index contributed by atoms with van der Waals surface area (Å²) in [7, 11) is -2.52. The van der Waals surface area contributed by atoms with Gasteiger partial charge in [0.1, 0.15) is 18.3 Å². The van der Waals surface area contributed by atoms with E-state index in [4.69, 9.17) is 4.74 Å². The summed E-state index contributed by atoms with van der Waals surface area (Å²) < 4.78 is 34.9. The fourth-order valence-electron chi connectivity index (χ4n) is 4.16. The fraction of sp³-hybridized carbons (Fsp3) is 0.333. The second kappa shape index (κ2) is 13.5. The van der Waals surface area contributed by atoms with Gasteiger partial charge >= 0.3 is 0 Å². The Balaban J connectivity index is 2.05. The highest BCUT2D eigenvalue weighted by atomic mass is 127. The van der Waals surface area contributed by atoms with Crippen LogP contribution in [0, 0.1) is 3.57 Å². The molecular formula is C30H36IN3O5S. The van der Waals surface area contributed by atoms with Crippen LogP contribution in [0.3, 0.4) is 0 Å². The first-order valence-electron chi connectivity index (χ1n) is 12.9. The number of rotatable bonds is 11. The van der Waals surface area contributed by atoms with Gasteiger partial charge in [-0.25, -0.2) is 8.42 Å². The van der Waals surface area contributed by atoms with Crippen LogP contribution in [0.1, 0.15) is 39.7 Å². The Hall–Kier alpha value is -3.12. The fourth-order valence-corrected chi connectivity index (χ4v) is 5.95. The van der Waals surface area contributed by atoms with E-state index in [-0.39, 0.29) is 17.3 Å². The van der Waals surface area contributed by atoms with Gasteiger partial charge in [0.2, 0.25) is 11.8 Å². The summed E-state index contributed by atoms with van der Waals surface area (Å²) >= 11 is 2.14. The highest BCUT2D eigenvalue weighted by molar-refractivity contribution is 14.1. The van der Waals surface area contributed by atoms with Crippen LogP contribution >= 0.6 is 22.6 Å². The molecule has 0 fully saturated rings. The zero-order chi connectivity index (χ0) is 29.5. The number of halogens is 1. The minimum Gasteiger partial charge on any atom is -0.497 e. The van der Waals surface area contributed by atoms with Crippen molar-refractivity contribution in [3.63, 3.8) is 0 Å². The number of anilines is 1. The van der Waals surface area contributed by atoms with Crippen LogP contribution in [0.25, 0.3) is 0 Å². The van der Waals surface area contributed by atoms with E-state index in [0.29, 0.717) is 17.9 Å². The average Bonchev–Trinajstić information content (AvgIpc) is 2.92. The monoisotopic (exact) mass is 677 g/mol. The second-order valence-electron chi connectivity index (χ2n) is 10.3. The normalized spacial score (nSPS) is 12.3. The highest BCUT2D eigenvalue weighted by Gasteiger charge is 2.34. The van der Waals surface area contributed by atoms with Crippen LogP contribution in [0.15, 0.2) is 83.8 Å². The lowest BCUT2D eigenvalue weighted by molar-refractivity contribution is -0.141. The number of ether oxygens (including phenoxy) is 1. The van der Waals surface area contributed by atoms with Gasteiger partial charge in [-0.15, -0.1) is 0 Å². The van der Waals surface area contributed by atoms with Gasteiger partial charge < -0.3 is 15.0 Å². The van der Waals surface area contributed by atoms with E-state index in [9.17, 15) is 18.0 Å². The maximum atomic E-state index is 14.1. The summed E-state index contributed by atoms with van der Waals surface area (Å²) in [4.78, 5) is 29.0. The third-order valence-corrected chi connectivity index (χ3v) is 8.63. The van der Waals surface area contributed by atoms with E-state index >= 15 is 0 Å². The van der Waals surface area contributed by atoms with Crippen LogP contribution in [-0.4, -0.2) is 50.4 Å². The quantitative estimate of drug-likeness (QED) is 0.281. The molecule has 3 rings (SSSR count). The van der Waals surface area contributed by atoms with Gasteiger partial charge in [-0.3, -0.25) is 13.9 Å². The van der Waals surface area contributed by atoms with Gasteiger partial charge in [0.25, 0.3) is 10.0 Å². The molecule has 0 saturated carbocycles. The highest BCUT2D eigenvalue weighted by Crippen LogP contribution is 2.26. The van der Waals surface area contributed by atoms with Crippen molar-refractivity contribution in [3.05, 3.63) is 88.0 Å². The van der Waals surface area contributed by atoms with Crippen molar-refractivity contribution in [2.45, 2.75) is 57.1 Å². The number of benzene rings is 3. The van der Waals surface area contributed by atoms with Crippen LogP contribution in [0.4, 0.5) is 5.69 Å². The molecule has 40 heavy (non-hydrogen) atoms. The molecule has 3 aromatic rings. The molecule has 1 atom stereocenters. The SMILES string of the molecule is CC[C@@H](C(=O)NC(C)(C)C)N(Cc1ccc(OC)cc1)C(=O)CN(c1ccc(I)cc1)S(=O)(=O)c1ccccc1. The number of carbonyl (C=O) groups is 2. The first-order valence-corrected chi connectivity index (χ1v) is 15.5. The predicted octanol–water partition coefficient (Wildman–Crippen LogP) is 5.22. The van der Waals surface area contributed by atoms with E-state index in [0.717, 1.165) is 13.4 Å². The summed E-state index contributed by atoms with van der Waals surface area (Å²) in [5.74, 6) is -0.133. The van der Waals surface area contributed by atoms with Gasteiger partial charge in [0, 0.05) is 15.7 Å². The number of carbonyl (C=O) groups excluding carboxylic acids is 2. The van der Waals surface area contributed by atoms with Crippen LogP contribution in [0.5, 0.6) is 5.75 Å². The van der Waals surface area contributed by atoms with Crippen molar-refractivity contribution in [3.8, 4) is 5.75 Å². The van der Waals surface area contributed by atoms with Crippen molar-refractivity contribution >= 4 is 50.1 Å². The smallest absolute Gasteiger partial charge is 0.264 e. The van der Waals surface area contributed by atoms with Crippen molar-refractivity contribution < 1.29 is 22.7 Å². The molecule has 1 N–H and O–H groups in total. The Morgan fingerprint density at radius 1 is 0.950 bits per heavy atom. The topological polar surface area (TPSA) is 96.0 Å². The average molecular weight is 678 g/mol. The Morgan fingerprint density at radius 3 is 2.08 bits per heavy atom. The number of nitrogens with zero attached hydrogens (tertiary/aromatic N) is 2. The second-order valence-corrected chi connectivity index (χ2v) is 13.4. The Bertz CT molecular complexity index is 1390. The molecule has 0 unspecified atom stereocenters. The number of hydrogen-bond acceptors (Lipinski definition) is 5. The molecule has 0 aromatic heterocycles. The summed E-state index contributed by atoms with van der Waals surface area (Å²) in [6.07, 6.45) is 0.346. The Morgan fingerprint density at radius 2 is 1.55 bits per heavy atom. The predicted molar refractivity (Wildman–Crippen MR) is 166 cm³/mol. The lowest BCUT2D eigenvalue weighted by Gasteiger charge is -2.34. The molecule has 0 aliphatic rings. The molecule has 2 amide bonds. The standard InChI is InChI=1S/C30H36IN3O5S/c1-6-27(29(36)32-30(2,3)4)33(20-22-12-18-25(39-5)19-13-22)28(35)21-34(24-16-14-23(31)15-17-24)40(37,38)26-10-8-7-9-11-26/h7-19,27H,6,20-21H2,1-5H3,(H,32,36)/t27-/m0/s1. The summed E-state index contributed by atoms with van der Waals surface area (Å²) in [5, 5.41) is 2.97. The van der Waals surface area contributed by atoms with Crippen molar-refractivity contribution in [1.82, 2.24) is 10.2 Å². The molecule has 0 bridgehead atoms. The first kappa shape index (κ1) is 31.4. The number of hydrogen-bond donors (Lipinski definition) is 1. The van der Waals surface area contributed by atoms with Gasteiger partial charge in [0.15, 0.2) is 0 Å². The summed E-state index contributed by atoms with van der Waals surface area (Å²) in [6, 6.07) is 21.3. The maximum Gasteiger partial charge on any atom is 0.264 e. The van der Waals surface area contributed by atoms with Gasteiger partial charge in [0.05, 0.1) is 17.7 Å². The number of methoxy groups -OCH3 is 1. The first-order chi connectivity index (χ1) is 18.9. The van der Waals surface area contributed by atoms with E-state index in [2.05, 4.69) is 27.9 Å². The number of nitrogens with one attached hydrogen (secondary N) is 1. The Labute approximate surface area is 250 Å². The number of amides is 2. The van der Waals surface area contributed by atoms with Gasteiger partial charge in [-0.1, -0.05) is 37.3 Å². The molecule has 0 saturated heterocycles. The molecule has 0 aliphatic heterocycles. The zero-order valence-corrected chi connectivity index (χ0v) is 26.4. The van der Waals surface area contributed by atoms with Crippen LogP contribution < -0.4 is 14.4 Å². The molecule has 0 radical (unpaired) electrons. The minimum absolute atomic E-state index is 0.0700. The zero-order valence-electron chi connectivity index (χ0n) is 23.4. The summed E-state index contributed by atoms with van der Waals surface area (Å²) in [5.41, 5.74) is 0.625. The van der Waals surface area contributed by atoms with Crippen molar-refractivity contribution in [2.24, 2.45) is 0 Å².